The number of rotatable bonds is 2. The van der Waals surface area contributed by atoms with Crippen LogP contribution < -0.4 is 4.74 Å². The number of carbonyl (C=O) groups excluding carboxylic acids is 1. The van der Waals surface area contributed by atoms with Gasteiger partial charge in [-0.1, -0.05) is 26.0 Å². The zero-order valence-electron chi connectivity index (χ0n) is 9.76. The van der Waals surface area contributed by atoms with Gasteiger partial charge >= 0.3 is 12.1 Å². The molecule has 0 aliphatic carbocycles. The van der Waals surface area contributed by atoms with E-state index in [0.717, 1.165) is 5.56 Å². The third-order valence-corrected chi connectivity index (χ3v) is 2.23. The van der Waals surface area contributed by atoms with Crippen molar-refractivity contribution in [3.8, 4) is 5.75 Å². The van der Waals surface area contributed by atoms with E-state index in [9.17, 15) is 18.0 Å². The van der Waals surface area contributed by atoms with Gasteiger partial charge in [-0.15, -0.1) is 0 Å². The largest absolute Gasteiger partial charge is 0.491 e. The molecule has 0 aromatic heterocycles. The van der Waals surface area contributed by atoms with Gasteiger partial charge < -0.3 is 4.74 Å². The van der Waals surface area contributed by atoms with Crippen LogP contribution in [0.5, 0.6) is 5.75 Å². The molecular formula is C12H13F3O2. The smallest absolute Gasteiger partial charge is 0.420 e. The molecule has 2 nitrogen and oxygen atoms in total. The van der Waals surface area contributed by atoms with Crippen LogP contribution in [0.25, 0.3) is 0 Å². The van der Waals surface area contributed by atoms with Crippen molar-refractivity contribution < 1.29 is 22.7 Å². The van der Waals surface area contributed by atoms with Crippen LogP contribution in [0, 0.1) is 6.92 Å². The number of alkyl halides is 3. The minimum Gasteiger partial charge on any atom is -0.420 e. The van der Waals surface area contributed by atoms with E-state index in [2.05, 4.69) is 4.74 Å². The summed E-state index contributed by atoms with van der Waals surface area (Å²) in [6.45, 7) is 5.35. The third kappa shape index (κ3) is 3.47. The van der Waals surface area contributed by atoms with E-state index in [0.29, 0.717) is 5.56 Å². The summed E-state index contributed by atoms with van der Waals surface area (Å²) in [7, 11) is 0. The minimum atomic E-state index is -4.97. The van der Waals surface area contributed by atoms with E-state index < -0.39 is 12.1 Å². The number of benzene rings is 1. The number of esters is 1. The van der Waals surface area contributed by atoms with Gasteiger partial charge in [0.2, 0.25) is 0 Å². The van der Waals surface area contributed by atoms with Crippen molar-refractivity contribution in [1.82, 2.24) is 0 Å². The highest BCUT2D eigenvalue weighted by molar-refractivity contribution is 5.78. The highest BCUT2D eigenvalue weighted by Crippen LogP contribution is 2.29. The highest BCUT2D eigenvalue weighted by atomic mass is 19.4. The molecule has 0 spiro atoms. The first-order valence-corrected chi connectivity index (χ1v) is 5.11. The molecule has 0 aliphatic heterocycles. The average molecular weight is 246 g/mol. The molecule has 0 fully saturated rings. The molecule has 0 saturated heterocycles. The van der Waals surface area contributed by atoms with Crippen molar-refractivity contribution in [3.05, 3.63) is 29.3 Å². The van der Waals surface area contributed by atoms with Crippen LogP contribution in [0.2, 0.25) is 0 Å². The molecule has 0 amide bonds. The third-order valence-electron chi connectivity index (χ3n) is 2.23. The standard InChI is InChI=1S/C12H13F3O2/c1-7(2)9-5-4-8(3)6-10(9)17-11(16)12(13,14)15/h4-7H,1-3H3. The Labute approximate surface area is 97.4 Å². The van der Waals surface area contributed by atoms with E-state index >= 15 is 0 Å². The Bertz CT molecular complexity index is 422. The van der Waals surface area contributed by atoms with Gasteiger partial charge in [0, 0.05) is 0 Å². The van der Waals surface area contributed by atoms with Crippen molar-refractivity contribution in [2.24, 2.45) is 0 Å². The summed E-state index contributed by atoms with van der Waals surface area (Å²) < 4.78 is 40.7. The van der Waals surface area contributed by atoms with Gasteiger partial charge in [-0.3, -0.25) is 0 Å². The Hall–Kier alpha value is -1.52. The Morgan fingerprint density at radius 2 is 1.88 bits per heavy atom. The van der Waals surface area contributed by atoms with Crippen molar-refractivity contribution in [2.45, 2.75) is 32.9 Å². The topological polar surface area (TPSA) is 26.3 Å². The Morgan fingerprint density at radius 3 is 2.35 bits per heavy atom. The molecule has 94 valence electrons. The summed E-state index contributed by atoms with van der Waals surface area (Å²) in [5, 5.41) is 0. The fraction of sp³-hybridized carbons (Fsp3) is 0.417. The van der Waals surface area contributed by atoms with Gasteiger partial charge in [0.15, 0.2) is 0 Å². The molecule has 0 N–H and O–H groups in total. The first kappa shape index (κ1) is 13.5. The molecular weight excluding hydrogens is 233 g/mol. The lowest BCUT2D eigenvalue weighted by atomic mass is 10.0. The van der Waals surface area contributed by atoms with Gasteiger partial charge in [-0.25, -0.2) is 4.79 Å². The van der Waals surface area contributed by atoms with Crippen LogP contribution in [0.3, 0.4) is 0 Å². The van der Waals surface area contributed by atoms with Crippen LogP contribution in [-0.2, 0) is 4.79 Å². The summed E-state index contributed by atoms with van der Waals surface area (Å²) in [5.74, 6) is -2.24. The summed E-state index contributed by atoms with van der Waals surface area (Å²) >= 11 is 0. The highest BCUT2D eigenvalue weighted by Gasteiger charge is 2.41. The Balaban J connectivity index is 3.05. The fourth-order valence-corrected chi connectivity index (χ4v) is 1.36. The van der Waals surface area contributed by atoms with E-state index in [-0.39, 0.29) is 11.7 Å². The second-order valence-electron chi connectivity index (χ2n) is 4.08. The van der Waals surface area contributed by atoms with Gasteiger partial charge in [0.1, 0.15) is 5.75 Å². The summed E-state index contributed by atoms with van der Waals surface area (Å²) in [6.07, 6.45) is -4.97. The second kappa shape index (κ2) is 4.77. The van der Waals surface area contributed by atoms with Crippen LogP contribution >= 0.6 is 0 Å². The zero-order valence-corrected chi connectivity index (χ0v) is 9.76. The lowest BCUT2D eigenvalue weighted by Crippen LogP contribution is -2.28. The van der Waals surface area contributed by atoms with Crippen molar-refractivity contribution >= 4 is 5.97 Å². The minimum absolute atomic E-state index is 0.0216. The van der Waals surface area contributed by atoms with Crippen molar-refractivity contribution in [1.29, 1.82) is 0 Å². The number of carbonyl (C=O) groups is 1. The number of aryl methyl sites for hydroxylation is 1. The molecule has 0 bridgehead atoms. The SMILES string of the molecule is Cc1ccc(C(C)C)c(OC(=O)C(F)(F)F)c1. The van der Waals surface area contributed by atoms with Crippen LogP contribution in [0.1, 0.15) is 30.9 Å². The normalized spacial score (nSPS) is 11.7. The van der Waals surface area contributed by atoms with E-state index in [1.54, 1.807) is 19.1 Å². The lowest BCUT2D eigenvalue weighted by Gasteiger charge is -2.14. The maximum absolute atomic E-state index is 12.1. The molecule has 0 saturated carbocycles. The molecule has 0 radical (unpaired) electrons. The predicted molar refractivity (Wildman–Crippen MR) is 57.0 cm³/mol. The number of halogens is 3. The fourth-order valence-electron chi connectivity index (χ4n) is 1.36. The van der Waals surface area contributed by atoms with Crippen molar-refractivity contribution in [2.75, 3.05) is 0 Å². The molecule has 1 aromatic rings. The number of hydrogen-bond acceptors (Lipinski definition) is 2. The summed E-state index contributed by atoms with van der Waals surface area (Å²) in [4.78, 5) is 10.8. The first-order chi connectivity index (χ1) is 7.71. The van der Waals surface area contributed by atoms with Gasteiger partial charge in [-0.2, -0.15) is 13.2 Å². The van der Waals surface area contributed by atoms with E-state index in [4.69, 9.17) is 0 Å². The quantitative estimate of drug-likeness (QED) is 0.588. The molecule has 0 aliphatic rings. The molecule has 0 heterocycles. The Kier molecular flexibility index (Phi) is 3.80. The van der Waals surface area contributed by atoms with Gasteiger partial charge in [-0.05, 0) is 30.0 Å². The van der Waals surface area contributed by atoms with E-state index in [1.165, 1.54) is 6.07 Å². The summed E-state index contributed by atoms with van der Waals surface area (Å²) in [6, 6.07) is 4.86. The molecule has 5 heteroatoms. The zero-order chi connectivity index (χ0) is 13.2. The monoisotopic (exact) mass is 246 g/mol. The first-order valence-electron chi connectivity index (χ1n) is 5.11. The maximum atomic E-state index is 12.1. The average Bonchev–Trinajstić information content (AvgIpc) is 2.15. The predicted octanol–water partition coefficient (Wildman–Crippen LogP) is 3.59. The van der Waals surface area contributed by atoms with Gasteiger partial charge in [0.25, 0.3) is 0 Å². The second-order valence-corrected chi connectivity index (χ2v) is 4.08. The van der Waals surface area contributed by atoms with Crippen LogP contribution in [0.4, 0.5) is 13.2 Å². The Morgan fingerprint density at radius 1 is 1.29 bits per heavy atom. The van der Waals surface area contributed by atoms with Gasteiger partial charge in [0.05, 0.1) is 0 Å². The van der Waals surface area contributed by atoms with Crippen molar-refractivity contribution in [3.63, 3.8) is 0 Å². The maximum Gasteiger partial charge on any atom is 0.491 e. The molecule has 1 rings (SSSR count). The number of ether oxygens (including phenoxy) is 1. The molecule has 0 atom stereocenters. The van der Waals surface area contributed by atoms with Crippen LogP contribution in [-0.4, -0.2) is 12.1 Å². The van der Waals surface area contributed by atoms with Crippen LogP contribution in [0.15, 0.2) is 18.2 Å². The molecule has 0 unspecified atom stereocenters. The lowest BCUT2D eigenvalue weighted by molar-refractivity contribution is -0.189. The number of hydrogen-bond donors (Lipinski definition) is 0. The van der Waals surface area contributed by atoms with E-state index in [1.807, 2.05) is 13.8 Å². The molecule has 1 aromatic carbocycles. The molecule has 17 heavy (non-hydrogen) atoms. The summed E-state index contributed by atoms with van der Waals surface area (Å²) in [5.41, 5.74) is 1.31.